The van der Waals surface area contributed by atoms with Crippen molar-refractivity contribution < 1.29 is 0 Å². The summed E-state index contributed by atoms with van der Waals surface area (Å²) in [5.41, 5.74) is 21.1. The zero-order valence-electron chi connectivity index (χ0n) is 49.0. The van der Waals surface area contributed by atoms with Crippen molar-refractivity contribution in [1.82, 2.24) is 0 Å². The highest BCUT2D eigenvalue weighted by molar-refractivity contribution is 6.02. The summed E-state index contributed by atoms with van der Waals surface area (Å²) in [6.07, 6.45) is 1.80. The van der Waals surface area contributed by atoms with Crippen LogP contribution in [0, 0.1) is 0 Å². The monoisotopic (exact) mass is 1140 g/mol. The SMILES string of the molecule is c1ccc(N(c2ccc(N(c3ccc4c(c3)C3(Cc5ccccc5C3)c3cc(N(c5ccc(N(c6ccccc6)c6ccc7ccccc7c6)cc5)c5cccc6ccccc56)ccc3-4)c3cccc4ccccc34)cc2)c2ccc3ccccc3c2)cc1. The fourth-order valence-corrected chi connectivity index (χ4v) is 14.6. The van der Waals surface area contributed by atoms with Crippen LogP contribution in [0.2, 0.25) is 0 Å². The summed E-state index contributed by atoms with van der Waals surface area (Å²) in [4.78, 5) is 9.71. The minimum absolute atomic E-state index is 0.338. The molecule has 0 fully saturated rings. The first-order valence-electron chi connectivity index (χ1n) is 30.9. The van der Waals surface area contributed by atoms with Gasteiger partial charge < -0.3 is 19.6 Å². The van der Waals surface area contributed by atoms with Crippen LogP contribution in [0.5, 0.6) is 0 Å². The number of rotatable bonds is 12. The highest BCUT2D eigenvalue weighted by Crippen LogP contribution is 2.58. The molecule has 0 aromatic heterocycles. The highest BCUT2D eigenvalue weighted by atomic mass is 15.2. The Morgan fingerprint density at radius 2 is 0.506 bits per heavy atom. The molecule has 0 unspecified atom stereocenters. The van der Waals surface area contributed by atoms with E-state index >= 15 is 0 Å². The van der Waals surface area contributed by atoms with Gasteiger partial charge in [-0.3, -0.25) is 0 Å². The van der Waals surface area contributed by atoms with Crippen LogP contribution in [0.4, 0.5) is 68.2 Å². The third-order valence-electron chi connectivity index (χ3n) is 18.7. The van der Waals surface area contributed by atoms with Crippen LogP contribution in [-0.4, -0.2) is 0 Å². The van der Waals surface area contributed by atoms with E-state index in [0.29, 0.717) is 0 Å². The van der Waals surface area contributed by atoms with Gasteiger partial charge in [0.05, 0.1) is 11.4 Å². The van der Waals surface area contributed by atoms with Crippen LogP contribution in [0.25, 0.3) is 54.2 Å². The lowest BCUT2D eigenvalue weighted by atomic mass is 9.75. The Labute approximate surface area is 519 Å². The Bertz CT molecular complexity index is 4840. The molecule has 1 spiro atoms. The average Bonchev–Trinajstić information content (AvgIpc) is 1.59. The predicted molar refractivity (Wildman–Crippen MR) is 375 cm³/mol. The van der Waals surface area contributed by atoms with Gasteiger partial charge in [-0.05, 0) is 212 Å². The van der Waals surface area contributed by atoms with Crippen molar-refractivity contribution in [2.45, 2.75) is 18.3 Å². The quantitative estimate of drug-likeness (QED) is 0.121. The Morgan fingerprint density at radius 3 is 0.933 bits per heavy atom. The van der Waals surface area contributed by atoms with E-state index < -0.39 is 0 Å². The molecule has 0 aliphatic heterocycles. The van der Waals surface area contributed by atoms with Crippen LogP contribution in [0.15, 0.2) is 340 Å². The summed E-state index contributed by atoms with van der Waals surface area (Å²) in [6, 6.07) is 125. The fourth-order valence-electron chi connectivity index (χ4n) is 14.6. The lowest BCUT2D eigenvalue weighted by Gasteiger charge is -2.32. The minimum atomic E-state index is -0.338. The Kier molecular flexibility index (Phi) is 12.5. The van der Waals surface area contributed by atoms with Gasteiger partial charge in [-0.25, -0.2) is 0 Å². The van der Waals surface area contributed by atoms with Crippen molar-refractivity contribution >= 4 is 111 Å². The second kappa shape index (κ2) is 21.5. The molecule has 0 N–H and O–H groups in total. The molecular weight excluding hydrogens is 1080 g/mol. The number of fused-ring (bicyclic) bond motifs is 10. The van der Waals surface area contributed by atoms with Crippen LogP contribution in [-0.2, 0) is 18.3 Å². The van der Waals surface area contributed by atoms with Crippen molar-refractivity contribution in [2.75, 3.05) is 19.6 Å². The first kappa shape index (κ1) is 51.9. The van der Waals surface area contributed by atoms with E-state index in [1.165, 1.54) is 76.5 Å². The van der Waals surface area contributed by atoms with E-state index in [1.54, 1.807) is 0 Å². The maximum absolute atomic E-state index is 2.54. The molecule has 15 aromatic rings. The third-order valence-corrected chi connectivity index (χ3v) is 18.7. The summed E-state index contributed by atoms with van der Waals surface area (Å²) < 4.78 is 0. The van der Waals surface area contributed by atoms with E-state index in [4.69, 9.17) is 0 Å². The predicted octanol–water partition coefficient (Wildman–Crippen LogP) is 23.2. The Morgan fingerprint density at radius 1 is 0.202 bits per heavy atom. The smallest absolute Gasteiger partial charge is 0.0540 e. The molecule has 0 radical (unpaired) electrons. The molecule has 0 heterocycles. The van der Waals surface area contributed by atoms with Gasteiger partial charge in [0.25, 0.3) is 0 Å². The number of para-hydroxylation sites is 2. The summed E-state index contributed by atoms with van der Waals surface area (Å²) in [5, 5.41) is 9.65. The van der Waals surface area contributed by atoms with Gasteiger partial charge >= 0.3 is 0 Å². The standard InChI is InChI=1S/C85H60N4/c1-3-29-67(30-4-1)86(73-39-37-59-19-7-9-23-63(59)53-73)69-41-45-71(46-42-69)88(83-35-17-27-61-21-13-15-33-77(61)83)75-49-51-79-80-52-50-76(56-82(80)85(81(79)55-75)57-65-25-11-12-26-66(65)58-85)89(84-36-18-28-62-22-14-16-34-78(62)84)72-47-43-70(44-48-72)87(68-31-5-2-6-32-68)74-40-38-60-20-8-10-24-64(60)54-74/h1-56H,57-58H2. The molecule has 0 saturated carbocycles. The molecule has 17 rings (SSSR count). The van der Waals surface area contributed by atoms with Gasteiger partial charge in [0.1, 0.15) is 0 Å². The van der Waals surface area contributed by atoms with E-state index in [-0.39, 0.29) is 5.41 Å². The molecule has 2 aliphatic carbocycles. The second-order valence-corrected chi connectivity index (χ2v) is 23.8. The number of anilines is 12. The topological polar surface area (TPSA) is 13.0 Å². The van der Waals surface area contributed by atoms with E-state index in [9.17, 15) is 0 Å². The molecule has 2 aliphatic rings. The van der Waals surface area contributed by atoms with Crippen LogP contribution < -0.4 is 19.6 Å². The van der Waals surface area contributed by atoms with Crippen molar-refractivity contribution in [3.05, 3.63) is 362 Å². The largest absolute Gasteiger partial charge is 0.310 e. The van der Waals surface area contributed by atoms with Crippen LogP contribution >= 0.6 is 0 Å². The average molecular weight is 1140 g/mol. The third kappa shape index (κ3) is 8.99. The van der Waals surface area contributed by atoms with Crippen molar-refractivity contribution in [1.29, 1.82) is 0 Å². The number of hydrogen-bond acceptors (Lipinski definition) is 4. The van der Waals surface area contributed by atoms with E-state index in [0.717, 1.165) is 81.1 Å². The van der Waals surface area contributed by atoms with Crippen molar-refractivity contribution in [3.63, 3.8) is 0 Å². The number of nitrogens with zero attached hydrogens (tertiary/aromatic N) is 4. The molecule has 0 amide bonds. The number of benzene rings is 15. The summed E-state index contributed by atoms with van der Waals surface area (Å²) in [7, 11) is 0. The minimum Gasteiger partial charge on any atom is -0.310 e. The maximum Gasteiger partial charge on any atom is 0.0540 e. The lowest BCUT2D eigenvalue weighted by molar-refractivity contribution is 0.564. The molecule has 4 nitrogen and oxygen atoms in total. The van der Waals surface area contributed by atoms with Crippen molar-refractivity contribution in [2.24, 2.45) is 0 Å². The van der Waals surface area contributed by atoms with E-state index in [2.05, 4.69) is 359 Å². The molecule has 89 heavy (non-hydrogen) atoms. The van der Waals surface area contributed by atoms with Crippen LogP contribution in [0.3, 0.4) is 0 Å². The maximum atomic E-state index is 2.54. The highest BCUT2D eigenvalue weighted by Gasteiger charge is 2.48. The van der Waals surface area contributed by atoms with E-state index in [1.807, 2.05) is 0 Å². The van der Waals surface area contributed by atoms with Gasteiger partial charge in [0, 0.05) is 73.1 Å². The molecule has 0 saturated heterocycles. The molecule has 4 heteroatoms. The van der Waals surface area contributed by atoms with Gasteiger partial charge in [0.15, 0.2) is 0 Å². The second-order valence-electron chi connectivity index (χ2n) is 23.8. The summed E-state index contributed by atoms with van der Waals surface area (Å²) in [5.74, 6) is 0. The van der Waals surface area contributed by atoms with Gasteiger partial charge in [-0.2, -0.15) is 0 Å². The molecule has 15 aromatic carbocycles. The zero-order valence-corrected chi connectivity index (χ0v) is 49.0. The lowest BCUT2D eigenvalue weighted by Crippen LogP contribution is -2.26. The summed E-state index contributed by atoms with van der Waals surface area (Å²) >= 11 is 0. The Balaban J connectivity index is 0.806. The number of hydrogen-bond donors (Lipinski definition) is 0. The first-order valence-corrected chi connectivity index (χ1v) is 30.9. The Hall–Kier alpha value is -11.5. The molecule has 420 valence electrons. The van der Waals surface area contributed by atoms with Gasteiger partial charge in [-0.15, -0.1) is 0 Å². The van der Waals surface area contributed by atoms with Gasteiger partial charge in [0.2, 0.25) is 0 Å². The molecule has 0 bridgehead atoms. The summed E-state index contributed by atoms with van der Waals surface area (Å²) in [6.45, 7) is 0. The molecular formula is C85H60N4. The zero-order chi connectivity index (χ0) is 58.8. The van der Waals surface area contributed by atoms with Crippen molar-refractivity contribution in [3.8, 4) is 11.1 Å². The van der Waals surface area contributed by atoms with Crippen LogP contribution in [0.1, 0.15) is 22.3 Å². The van der Waals surface area contributed by atoms with Gasteiger partial charge in [-0.1, -0.05) is 206 Å². The molecule has 0 atom stereocenters. The first-order chi connectivity index (χ1) is 44.1. The fraction of sp³-hybridized carbons (Fsp3) is 0.0353. The normalized spacial score (nSPS) is 12.7.